The van der Waals surface area contributed by atoms with Gasteiger partial charge in [-0.3, -0.25) is 4.79 Å². The number of carbonyl (C=O) groups is 2. The Hall–Kier alpha value is -2.19. The van der Waals surface area contributed by atoms with Gasteiger partial charge in [-0.1, -0.05) is 6.07 Å². The lowest BCUT2D eigenvalue weighted by atomic mass is 9.93. The molecule has 24 heavy (non-hydrogen) atoms. The summed E-state index contributed by atoms with van der Waals surface area (Å²) in [5.41, 5.74) is 0.472. The highest BCUT2D eigenvalue weighted by Crippen LogP contribution is 2.24. The number of aromatic nitrogens is 1. The molecule has 0 radical (unpaired) electrons. The Balaban J connectivity index is 1.60. The second kappa shape index (κ2) is 7.59. The van der Waals surface area contributed by atoms with Gasteiger partial charge in [-0.15, -0.1) is 11.3 Å². The third-order valence-electron chi connectivity index (χ3n) is 3.87. The summed E-state index contributed by atoms with van der Waals surface area (Å²) in [6, 6.07) is 2.82. The minimum Gasteiger partial charge on any atom is -0.480 e. The van der Waals surface area contributed by atoms with Gasteiger partial charge in [0.15, 0.2) is 0 Å². The van der Waals surface area contributed by atoms with E-state index in [1.54, 1.807) is 0 Å². The largest absolute Gasteiger partial charge is 0.480 e. The standard InChI is InChI=1S/C16H18N2O5S/c19-13(18-14(16(20)21)10-3-1-5-22-8-10)7-11-9-23-15(17-11)12-4-2-6-24-12/h2,4,6,9-10,14H,1,3,5,7-8H2,(H,18,19)(H,20,21). The zero-order chi connectivity index (χ0) is 16.9. The number of carboxylic acid groups (broad SMARTS) is 1. The van der Waals surface area contributed by atoms with Gasteiger partial charge >= 0.3 is 5.97 Å². The molecule has 7 nitrogen and oxygen atoms in total. The molecule has 0 spiro atoms. The average molecular weight is 350 g/mol. The summed E-state index contributed by atoms with van der Waals surface area (Å²) in [5.74, 6) is -1.18. The Kier molecular flexibility index (Phi) is 5.27. The second-order valence-corrected chi connectivity index (χ2v) is 6.61. The maximum atomic E-state index is 12.2. The average Bonchev–Trinajstić information content (AvgIpc) is 3.24. The number of aliphatic carboxylic acids is 1. The fraction of sp³-hybridized carbons (Fsp3) is 0.438. The molecule has 3 heterocycles. The molecule has 0 aromatic carbocycles. The summed E-state index contributed by atoms with van der Waals surface area (Å²) in [4.78, 5) is 28.8. The van der Waals surface area contributed by atoms with Gasteiger partial charge in [-0.2, -0.15) is 0 Å². The first-order valence-corrected chi connectivity index (χ1v) is 8.59. The fourth-order valence-corrected chi connectivity index (χ4v) is 3.36. The maximum absolute atomic E-state index is 12.2. The van der Waals surface area contributed by atoms with Crippen LogP contribution in [0.4, 0.5) is 0 Å². The number of ether oxygens (including phenoxy) is 1. The van der Waals surface area contributed by atoms with Crippen molar-refractivity contribution in [1.82, 2.24) is 10.3 Å². The number of hydrogen-bond acceptors (Lipinski definition) is 6. The normalized spacial score (nSPS) is 18.9. The van der Waals surface area contributed by atoms with Crippen LogP contribution in [0.1, 0.15) is 18.5 Å². The second-order valence-electron chi connectivity index (χ2n) is 5.66. The van der Waals surface area contributed by atoms with E-state index in [9.17, 15) is 14.7 Å². The molecular weight excluding hydrogens is 332 g/mol. The lowest BCUT2D eigenvalue weighted by molar-refractivity contribution is -0.145. The smallest absolute Gasteiger partial charge is 0.326 e. The van der Waals surface area contributed by atoms with Crippen LogP contribution in [0.15, 0.2) is 28.2 Å². The minimum atomic E-state index is -1.04. The van der Waals surface area contributed by atoms with E-state index in [2.05, 4.69) is 10.3 Å². The van der Waals surface area contributed by atoms with Gasteiger partial charge in [-0.25, -0.2) is 9.78 Å². The SMILES string of the molecule is O=C(Cc1coc(-c2cccs2)n1)NC(C(=O)O)C1CCCOC1. The molecular formula is C16H18N2O5S. The molecule has 1 fully saturated rings. The Morgan fingerprint density at radius 3 is 3.04 bits per heavy atom. The van der Waals surface area contributed by atoms with Crippen LogP contribution in [0.5, 0.6) is 0 Å². The highest BCUT2D eigenvalue weighted by molar-refractivity contribution is 7.13. The van der Waals surface area contributed by atoms with Gasteiger partial charge in [0.2, 0.25) is 11.8 Å². The Morgan fingerprint density at radius 1 is 1.50 bits per heavy atom. The number of carboxylic acids is 1. The molecule has 1 aliphatic heterocycles. The summed E-state index contributed by atoms with van der Waals surface area (Å²) >= 11 is 1.49. The molecule has 2 aromatic rings. The summed E-state index contributed by atoms with van der Waals surface area (Å²) < 4.78 is 10.7. The van der Waals surface area contributed by atoms with Gasteiger partial charge < -0.3 is 19.6 Å². The quantitative estimate of drug-likeness (QED) is 0.825. The number of oxazole rings is 1. The number of nitrogens with zero attached hydrogens (tertiary/aromatic N) is 1. The van der Waals surface area contributed by atoms with Crippen LogP contribution in [0.3, 0.4) is 0 Å². The van der Waals surface area contributed by atoms with Crippen molar-refractivity contribution in [1.29, 1.82) is 0 Å². The van der Waals surface area contributed by atoms with Gasteiger partial charge in [0.25, 0.3) is 0 Å². The van der Waals surface area contributed by atoms with Crippen molar-refractivity contribution in [2.45, 2.75) is 25.3 Å². The molecule has 1 aliphatic rings. The predicted octanol–water partition coefficient (Wildman–Crippen LogP) is 1.94. The molecule has 8 heteroatoms. The number of thiophene rings is 1. The van der Waals surface area contributed by atoms with Crippen LogP contribution >= 0.6 is 11.3 Å². The summed E-state index contributed by atoms with van der Waals surface area (Å²) in [5, 5.41) is 13.9. The molecule has 2 N–H and O–H groups in total. The minimum absolute atomic E-state index is 0.0216. The molecule has 1 amide bonds. The predicted molar refractivity (Wildman–Crippen MR) is 86.6 cm³/mol. The van der Waals surface area contributed by atoms with E-state index in [0.717, 1.165) is 17.7 Å². The third kappa shape index (κ3) is 4.01. The van der Waals surface area contributed by atoms with Gasteiger partial charge in [-0.05, 0) is 24.3 Å². The van der Waals surface area contributed by atoms with Gasteiger partial charge in [0.05, 0.1) is 23.6 Å². The van der Waals surface area contributed by atoms with Crippen molar-refractivity contribution in [2.24, 2.45) is 5.92 Å². The number of hydrogen-bond donors (Lipinski definition) is 2. The Bertz CT molecular complexity index is 691. The van der Waals surface area contributed by atoms with E-state index in [1.165, 1.54) is 17.6 Å². The highest BCUT2D eigenvalue weighted by atomic mass is 32.1. The molecule has 0 saturated carbocycles. The van der Waals surface area contributed by atoms with E-state index >= 15 is 0 Å². The molecule has 0 aliphatic carbocycles. The number of amides is 1. The van der Waals surface area contributed by atoms with Crippen molar-refractivity contribution in [3.05, 3.63) is 29.5 Å². The molecule has 0 bridgehead atoms. The monoisotopic (exact) mass is 350 g/mol. The fourth-order valence-electron chi connectivity index (χ4n) is 2.70. The number of nitrogens with one attached hydrogen (secondary N) is 1. The molecule has 2 unspecified atom stereocenters. The van der Waals surface area contributed by atoms with Crippen molar-refractivity contribution >= 4 is 23.2 Å². The van der Waals surface area contributed by atoms with Crippen molar-refractivity contribution < 1.29 is 23.8 Å². The summed E-state index contributed by atoms with van der Waals surface area (Å²) in [6.45, 7) is 0.991. The maximum Gasteiger partial charge on any atom is 0.326 e. The molecule has 1 saturated heterocycles. The molecule has 2 atom stereocenters. The van der Waals surface area contributed by atoms with Crippen molar-refractivity contribution in [2.75, 3.05) is 13.2 Å². The lowest BCUT2D eigenvalue weighted by Crippen LogP contribution is -2.48. The van der Waals surface area contributed by atoms with Gasteiger partial charge in [0, 0.05) is 12.5 Å². The first kappa shape index (κ1) is 16.7. The van der Waals surface area contributed by atoms with Crippen LogP contribution in [-0.4, -0.2) is 41.2 Å². The van der Waals surface area contributed by atoms with E-state index in [-0.39, 0.29) is 18.2 Å². The zero-order valence-corrected chi connectivity index (χ0v) is 13.8. The topological polar surface area (TPSA) is 102 Å². The molecule has 3 rings (SSSR count). The number of carbonyl (C=O) groups excluding carboxylic acids is 1. The summed E-state index contributed by atoms with van der Waals surface area (Å²) in [6.07, 6.45) is 2.93. The van der Waals surface area contributed by atoms with Crippen LogP contribution in [0.25, 0.3) is 10.8 Å². The van der Waals surface area contributed by atoms with E-state index in [4.69, 9.17) is 9.15 Å². The van der Waals surface area contributed by atoms with Crippen LogP contribution in [-0.2, 0) is 20.7 Å². The first-order chi connectivity index (χ1) is 11.6. The van der Waals surface area contributed by atoms with Crippen molar-refractivity contribution in [3.8, 4) is 10.8 Å². The van der Waals surface area contributed by atoms with E-state index in [1.807, 2.05) is 17.5 Å². The van der Waals surface area contributed by atoms with Crippen LogP contribution < -0.4 is 5.32 Å². The Morgan fingerprint density at radius 2 is 2.38 bits per heavy atom. The van der Waals surface area contributed by atoms with Crippen LogP contribution in [0.2, 0.25) is 0 Å². The van der Waals surface area contributed by atoms with E-state index < -0.39 is 12.0 Å². The summed E-state index contributed by atoms with van der Waals surface area (Å²) in [7, 11) is 0. The zero-order valence-electron chi connectivity index (χ0n) is 12.9. The highest BCUT2D eigenvalue weighted by Gasteiger charge is 2.31. The molecule has 2 aromatic heterocycles. The molecule has 128 valence electrons. The third-order valence-corrected chi connectivity index (χ3v) is 4.73. The number of rotatable bonds is 6. The van der Waals surface area contributed by atoms with Gasteiger partial charge in [0.1, 0.15) is 12.3 Å². The van der Waals surface area contributed by atoms with E-state index in [0.29, 0.717) is 24.8 Å². The van der Waals surface area contributed by atoms with Crippen molar-refractivity contribution in [3.63, 3.8) is 0 Å². The Labute approximate surface area is 142 Å². The lowest BCUT2D eigenvalue weighted by Gasteiger charge is -2.28. The first-order valence-electron chi connectivity index (χ1n) is 7.71. The van der Waals surface area contributed by atoms with Crippen LogP contribution in [0, 0.1) is 5.92 Å².